The second kappa shape index (κ2) is 4.74. The summed E-state index contributed by atoms with van der Waals surface area (Å²) in [6.45, 7) is -0.0881. The molecule has 0 aromatic heterocycles. The van der Waals surface area contributed by atoms with Crippen molar-refractivity contribution in [1.29, 1.82) is 0 Å². The van der Waals surface area contributed by atoms with E-state index < -0.39 is 0 Å². The molecule has 0 fully saturated rings. The van der Waals surface area contributed by atoms with Gasteiger partial charge in [-0.1, -0.05) is 0 Å². The number of methoxy groups -OCH3 is 1. The average Bonchev–Trinajstić information content (AvgIpc) is 1.83. The van der Waals surface area contributed by atoms with Gasteiger partial charge in [0.1, 0.15) is 6.29 Å². The van der Waals surface area contributed by atoms with Crippen LogP contribution in [0.2, 0.25) is 0 Å². The second-order valence-electron chi connectivity index (χ2n) is 1.44. The largest absolute Gasteiger partial charge is 0.394 e. The van der Waals surface area contributed by atoms with Crippen molar-refractivity contribution in [2.45, 2.75) is 12.5 Å². The Morgan fingerprint density at radius 3 is 2.62 bits per heavy atom. The van der Waals surface area contributed by atoms with E-state index in [1.165, 1.54) is 7.11 Å². The van der Waals surface area contributed by atoms with Crippen molar-refractivity contribution in [2.75, 3.05) is 13.7 Å². The van der Waals surface area contributed by atoms with Crippen LogP contribution in [0, 0.1) is 0 Å². The molecule has 8 heavy (non-hydrogen) atoms. The molecule has 0 amide bonds. The zero-order valence-corrected chi connectivity index (χ0v) is 4.83. The van der Waals surface area contributed by atoms with Gasteiger partial charge in [-0.15, -0.1) is 0 Å². The topological polar surface area (TPSA) is 46.5 Å². The fourth-order valence-corrected chi connectivity index (χ4v) is 0.353. The monoisotopic (exact) mass is 118 g/mol. The Balaban J connectivity index is 3.20. The molecule has 0 aliphatic carbocycles. The first-order valence-corrected chi connectivity index (χ1v) is 2.42. The first kappa shape index (κ1) is 7.59. The third-order valence-corrected chi connectivity index (χ3v) is 0.896. The third kappa shape index (κ3) is 2.71. The molecule has 3 heteroatoms. The Hall–Kier alpha value is -0.410. The fraction of sp³-hybridized carbons (Fsp3) is 0.800. The number of carbonyl (C=O) groups is 1. The lowest BCUT2D eigenvalue weighted by Gasteiger charge is -2.05. The maximum absolute atomic E-state index is 9.74. The summed E-state index contributed by atoms with van der Waals surface area (Å²) in [7, 11) is 1.46. The summed E-state index contributed by atoms with van der Waals surface area (Å²) in [4.78, 5) is 9.74. The summed E-state index contributed by atoms with van der Waals surface area (Å²) in [5.74, 6) is 0. The lowest BCUT2D eigenvalue weighted by molar-refractivity contribution is -0.110. The Morgan fingerprint density at radius 2 is 2.50 bits per heavy atom. The Morgan fingerprint density at radius 1 is 1.88 bits per heavy atom. The van der Waals surface area contributed by atoms with Crippen LogP contribution in [0.25, 0.3) is 0 Å². The zero-order valence-electron chi connectivity index (χ0n) is 4.83. The van der Waals surface area contributed by atoms with Crippen molar-refractivity contribution in [3.8, 4) is 0 Å². The average molecular weight is 118 g/mol. The highest BCUT2D eigenvalue weighted by Crippen LogP contribution is 1.90. The molecule has 0 aliphatic heterocycles. The lowest BCUT2D eigenvalue weighted by atomic mass is 10.3. The summed E-state index contributed by atoms with van der Waals surface area (Å²) >= 11 is 0. The molecule has 48 valence electrons. The highest BCUT2D eigenvalue weighted by atomic mass is 16.5. The smallest absolute Gasteiger partial charge is 0.122 e. The first-order valence-electron chi connectivity index (χ1n) is 2.42. The molecule has 0 radical (unpaired) electrons. The van der Waals surface area contributed by atoms with Gasteiger partial charge in [0.25, 0.3) is 0 Å². The van der Waals surface area contributed by atoms with E-state index in [1.807, 2.05) is 0 Å². The highest BCUT2D eigenvalue weighted by molar-refractivity contribution is 5.50. The number of aliphatic hydroxyl groups is 1. The predicted molar refractivity (Wildman–Crippen MR) is 28.6 cm³/mol. The number of rotatable bonds is 4. The molecule has 0 spiro atoms. The molecule has 0 saturated carbocycles. The summed E-state index contributed by atoms with van der Waals surface area (Å²) in [5, 5.41) is 8.37. The Labute approximate surface area is 48.3 Å². The van der Waals surface area contributed by atoms with Gasteiger partial charge in [-0.05, 0) is 0 Å². The van der Waals surface area contributed by atoms with Crippen LogP contribution in [0.5, 0.6) is 0 Å². The van der Waals surface area contributed by atoms with Crippen LogP contribution < -0.4 is 0 Å². The van der Waals surface area contributed by atoms with Gasteiger partial charge in [-0.25, -0.2) is 0 Å². The number of ether oxygens (including phenoxy) is 1. The molecule has 0 rings (SSSR count). The van der Waals surface area contributed by atoms with Crippen molar-refractivity contribution in [2.24, 2.45) is 0 Å². The molecule has 0 aromatic carbocycles. The van der Waals surface area contributed by atoms with E-state index in [-0.39, 0.29) is 19.1 Å². The van der Waals surface area contributed by atoms with Gasteiger partial charge in [0.05, 0.1) is 12.7 Å². The molecule has 0 aliphatic rings. The van der Waals surface area contributed by atoms with Crippen molar-refractivity contribution < 1.29 is 14.6 Å². The molecule has 0 bridgehead atoms. The van der Waals surface area contributed by atoms with Crippen LogP contribution in [0.3, 0.4) is 0 Å². The van der Waals surface area contributed by atoms with E-state index in [2.05, 4.69) is 4.74 Å². The third-order valence-electron chi connectivity index (χ3n) is 0.896. The minimum atomic E-state index is -0.313. The summed E-state index contributed by atoms with van der Waals surface area (Å²) in [6, 6.07) is 0. The molecular formula is C5H10O3. The molecule has 3 nitrogen and oxygen atoms in total. The molecule has 0 aromatic rings. The van der Waals surface area contributed by atoms with Crippen molar-refractivity contribution >= 4 is 6.29 Å². The maximum Gasteiger partial charge on any atom is 0.122 e. The van der Waals surface area contributed by atoms with Crippen molar-refractivity contribution in [3.63, 3.8) is 0 Å². The van der Waals surface area contributed by atoms with Crippen LogP contribution in [0.4, 0.5) is 0 Å². The minimum Gasteiger partial charge on any atom is -0.394 e. The van der Waals surface area contributed by atoms with Crippen LogP contribution in [-0.2, 0) is 9.53 Å². The molecular weight excluding hydrogens is 108 g/mol. The van der Waals surface area contributed by atoms with E-state index in [1.54, 1.807) is 0 Å². The Kier molecular flexibility index (Phi) is 4.50. The van der Waals surface area contributed by atoms with E-state index in [9.17, 15) is 4.79 Å². The van der Waals surface area contributed by atoms with Gasteiger partial charge in [-0.2, -0.15) is 0 Å². The van der Waals surface area contributed by atoms with Crippen LogP contribution in [-0.4, -0.2) is 31.2 Å². The zero-order chi connectivity index (χ0) is 6.41. The van der Waals surface area contributed by atoms with Crippen molar-refractivity contribution in [3.05, 3.63) is 0 Å². The Bertz CT molecular complexity index is 58.7. The van der Waals surface area contributed by atoms with Crippen LogP contribution >= 0.6 is 0 Å². The molecule has 1 N–H and O–H groups in total. The molecule has 0 unspecified atom stereocenters. The highest BCUT2D eigenvalue weighted by Gasteiger charge is 2.01. The normalized spacial score (nSPS) is 13.2. The summed E-state index contributed by atoms with van der Waals surface area (Å²) in [5.41, 5.74) is 0. The second-order valence-corrected chi connectivity index (χ2v) is 1.44. The SMILES string of the molecule is CO[C@H](CO)CC=O. The quantitative estimate of drug-likeness (QED) is 0.510. The number of carbonyl (C=O) groups excluding carboxylic acids is 1. The minimum absolute atomic E-state index is 0.0881. The molecule has 0 saturated heterocycles. The van der Waals surface area contributed by atoms with Gasteiger partial charge in [0, 0.05) is 13.5 Å². The lowest BCUT2D eigenvalue weighted by Crippen LogP contribution is -2.15. The van der Waals surface area contributed by atoms with Gasteiger partial charge < -0.3 is 14.6 Å². The fourth-order valence-electron chi connectivity index (χ4n) is 0.353. The van der Waals surface area contributed by atoms with E-state index in [0.29, 0.717) is 0 Å². The van der Waals surface area contributed by atoms with Gasteiger partial charge in [0.15, 0.2) is 0 Å². The van der Waals surface area contributed by atoms with Crippen LogP contribution in [0.15, 0.2) is 0 Å². The number of aldehydes is 1. The van der Waals surface area contributed by atoms with E-state index >= 15 is 0 Å². The standard InChI is InChI=1S/C5H10O3/c1-8-5(4-7)2-3-6/h3,5,7H,2,4H2,1H3/t5-/m0/s1. The predicted octanol–water partition coefficient (Wildman–Crippen LogP) is -0.417. The van der Waals surface area contributed by atoms with Gasteiger partial charge in [-0.3, -0.25) is 0 Å². The van der Waals surface area contributed by atoms with Crippen LogP contribution in [0.1, 0.15) is 6.42 Å². The number of aliphatic hydroxyl groups excluding tert-OH is 1. The number of hydrogen-bond acceptors (Lipinski definition) is 3. The number of hydrogen-bond donors (Lipinski definition) is 1. The summed E-state index contributed by atoms with van der Waals surface area (Å²) < 4.78 is 4.66. The molecule has 1 atom stereocenters. The maximum atomic E-state index is 9.74. The van der Waals surface area contributed by atoms with Crippen molar-refractivity contribution in [1.82, 2.24) is 0 Å². The van der Waals surface area contributed by atoms with E-state index in [0.717, 1.165) is 6.29 Å². The van der Waals surface area contributed by atoms with Gasteiger partial charge >= 0.3 is 0 Å². The summed E-state index contributed by atoms with van der Waals surface area (Å²) in [6.07, 6.45) is 0.685. The molecule has 0 heterocycles. The van der Waals surface area contributed by atoms with Gasteiger partial charge in [0.2, 0.25) is 0 Å². The first-order chi connectivity index (χ1) is 3.85. The van der Waals surface area contributed by atoms with E-state index in [4.69, 9.17) is 5.11 Å².